The van der Waals surface area contributed by atoms with Gasteiger partial charge in [-0.05, 0) is 40.2 Å². The molecular weight excluding hydrogens is 338 g/mol. The van der Waals surface area contributed by atoms with Crippen LogP contribution >= 0.6 is 27.3 Å². The predicted molar refractivity (Wildman–Crippen MR) is 81.7 cm³/mol. The van der Waals surface area contributed by atoms with Crippen molar-refractivity contribution in [3.05, 3.63) is 56.2 Å². The van der Waals surface area contributed by atoms with Crippen molar-refractivity contribution in [3.8, 4) is 0 Å². The molecule has 4 nitrogen and oxygen atoms in total. The lowest BCUT2D eigenvalue weighted by atomic mass is 10.1. The zero-order chi connectivity index (χ0) is 14.2. The average molecular weight is 348 g/mol. The monoisotopic (exact) mass is 347 g/mol. The van der Waals surface area contributed by atoms with Crippen LogP contribution in [0.3, 0.4) is 0 Å². The van der Waals surface area contributed by atoms with Crippen LogP contribution in [0.15, 0.2) is 33.6 Å². The Morgan fingerprint density at radius 3 is 2.60 bits per heavy atom. The molecule has 1 aliphatic carbocycles. The van der Waals surface area contributed by atoms with E-state index in [0.717, 1.165) is 18.4 Å². The third-order valence-electron chi connectivity index (χ3n) is 3.33. The Morgan fingerprint density at radius 1 is 1.40 bits per heavy atom. The zero-order valence-corrected chi connectivity index (χ0v) is 12.8. The van der Waals surface area contributed by atoms with Gasteiger partial charge < -0.3 is 10.2 Å². The van der Waals surface area contributed by atoms with E-state index in [2.05, 4.69) is 31.1 Å². The summed E-state index contributed by atoms with van der Waals surface area (Å²) >= 11 is 4.60. The van der Waals surface area contributed by atoms with E-state index in [-0.39, 0.29) is 11.4 Å². The number of thiazole rings is 1. The lowest BCUT2D eigenvalue weighted by Crippen LogP contribution is -2.12. The molecule has 1 N–H and O–H groups in total. The van der Waals surface area contributed by atoms with Gasteiger partial charge in [0.05, 0.1) is 0 Å². The van der Waals surface area contributed by atoms with Crippen molar-refractivity contribution in [2.45, 2.75) is 18.4 Å². The first-order chi connectivity index (χ1) is 9.63. The smallest absolute Gasteiger partial charge is 0.275 e. The number of carbonyl (C=O) groups is 1. The zero-order valence-electron chi connectivity index (χ0n) is 10.4. The molecule has 100 valence electrons. The number of carbonyl (C=O) groups excluding carboxylic acids is 1. The van der Waals surface area contributed by atoms with Crippen LogP contribution in [0.25, 0.3) is 4.85 Å². The van der Waals surface area contributed by atoms with E-state index in [1.165, 1.54) is 11.3 Å². The minimum Gasteiger partial charge on any atom is -0.321 e. The number of anilines is 1. The summed E-state index contributed by atoms with van der Waals surface area (Å²) in [5.41, 5.74) is 1.83. The molecule has 1 heterocycles. The minimum absolute atomic E-state index is 0.231. The molecule has 1 aromatic heterocycles. The first-order valence-corrected chi connectivity index (χ1v) is 7.72. The molecule has 0 atom stereocenters. The second-order valence-electron chi connectivity index (χ2n) is 4.66. The van der Waals surface area contributed by atoms with E-state index in [9.17, 15) is 4.79 Å². The van der Waals surface area contributed by atoms with Gasteiger partial charge in [0.1, 0.15) is 5.69 Å². The molecule has 1 aromatic carbocycles. The molecule has 0 bridgehead atoms. The van der Waals surface area contributed by atoms with Gasteiger partial charge in [-0.1, -0.05) is 0 Å². The van der Waals surface area contributed by atoms with Crippen molar-refractivity contribution in [3.63, 3.8) is 0 Å². The number of hydrogen-bond acceptors (Lipinski definition) is 3. The van der Waals surface area contributed by atoms with E-state index in [1.54, 1.807) is 5.38 Å². The van der Waals surface area contributed by atoms with E-state index in [4.69, 9.17) is 6.57 Å². The molecule has 2 aromatic rings. The summed E-state index contributed by atoms with van der Waals surface area (Å²) in [6.45, 7) is 7.23. The molecule has 1 fully saturated rings. The van der Waals surface area contributed by atoms with Crippen molar-refractivity contribution >= 4 is 38.9 Å². The summed E-state index contributed by atoms with van der Waals surface area (Å²) < 4.78 is 0.686. The SMILES string of the molecule is [C-]#[N+]C1(c2ccc(NC(=O)c3csc(Br)n3)cc2)CC1. The normalized spacial score (nSPS) is 15.4. The van der Waals surface area contributed by atoms with Crippen molar-refractivity contribution in [2.24, 2.45) is 0 Å². The summed E-state index contributed by atoms with van der Waals surface area (Å²) in [6.07, 6.45) is 1.85. The second kappa shape index (κ2) is 5.00. The average Bonchev–Trinajstić information content (AvgIpc) is 3.14. The molecule has 1 saturated carbocycles. The molecule has 1 amide bonds. The molecule has 0 aliphatic heterocycles. The Balaban J connectivity index is 1.73. The first-order valence-electron chi connectivity index (χ1n) is 6.04. The molecule has 1 aliphatic rings. The fraction of sp³-hybridized carbons (Fsp3) is 0.214. The van der Waals surface area contributed by atoms with Crippen LogP contribution in [-0.4, -0.2) is 10.9 Å². The van der Waals surface area contributed by atoms with Crippen LogP contribution in [-0.2, 0) is 5.54 Å². The number of hydrogen-bond donors (Lipinski definition) is 1. The van der Waals surface area contributed by atoms with Crippen LogP contribution in [0.2, 0.25) is 0 Å². The van der Waals surface area contributed by atoms with Gasteiger partial charge in [-0.25, -0.2) is 11.6 Å². The second-order valence-corrected chi connectivity index (χ2v) is 6.79. The maximum atomic E-state index is 11.9. The van der Waals surface area contributed by atoms with E-state index >= 15 is 0 Å². The molecule has 0 radical (unpaired) electrons. The lowest BCUT2D eigenvalue weighted by Gasteiger charge is -2.06. The highest BCUT2D eigenvalue weighted by Gasteiger charge is 2.52. The first kappa shape index (κ1) is 13.3. The number of benzene rings is 1. The maximum absolute atomic E-state index is 11.9. The number of rotatable bonds is 3. The summed E-state index contributed by atoms with van der Waals surface area (Å²) in [4.78, 5) is 19.7. The Kier molecular flexibility index (Phi) is 3.32. The number of nitrogens with zero attached hydrogens (tertiary/aromatic N) is 2. The van der Waals surface area contributed by atoms with Gasteiger partial charge in [0.15, 0.2) is 3.92 Å². The van der Waals surface area contributed by atoms with Crippen molar-refractivity contribution in [2.75, 3.05) is 5.32 Å². The summed E-state index contributed by atoms with van der Waals surface area (Å²) in [7, 11) is 0. The van der Waals surface area contributed by atoms with Crippen LogP contribution in [0.4, 0.5) is 5.69 Å². The number of halogens is 1. The highest BCUT2D eigenvalue weighted by Crippen LogP contribution is 2.49. The molecule has 0 spiro atoms. The van der Waals surface area contributed by atoms with Crippen LogP contribution in [0, 0.1) is 6.57 Å². The van der Waals surface area contributed by atoms with Crippen LogP contribution in [0.5, 0.6) is 0 Å². The molecule has 20 heavy (non-hydrogen) atoms. The van der Waals surface area contributed by atoms with Gasteiger partial charge in [-0.2, -0.15) is 0 Å². The number of amides is 1. The fourth-order valence-corrected chi connectivity index (χ4v) is 2.99. The minimum atomic E-state index is -0.303. The standard InChI is InChI=1S/C14H10BrN3OS/c1-16-14(6-7-14)9-2-4-10(5-3-9)17-12(19)11-8-20-13(15)18-11/h2-5,8H,6-7H2,(H,17,19). The Labute approximate surface area is 128 Å². The third-order valence-corrected chi connectivity index (χ3v) is 4.69. The quantitative estimate of drug-likeness (QED) is 0.850. The lowest BCUT2D eigenvalue weighted by molar-refractivity contribution is 0.102. The van der Waals surface area contributed by atoms with Crippen molar-refractivity contribution in [1.82, 2.24) is 4.98 Å². The van der Waals surface area contributed by atoms with Gasteiger partial charge in [0.2, 0.25) is 0 Å². The highest BCUT2D eigenvalue weighted by molar-refractivity contribution is 9.11. The Morgan fingerprint density at radius 2 is 2.10 bits per heavy atom. The maximum Gasteiger partial charge on any atom is 0.275 e. The summed E-state index contributed by atoms with van der Waals surface area (Å²) in [5, 5.41) is 4.50. The third kappa shape index (κ3) is 2.47. The molecular formula is C14H10BrN3OS. The van der Waals surface area contributed by atoms with Gasteiger partial charge in [0, 0.05) is 29.5 Å². The van der Waals surface area contributed by atoms with Crippen molar-refractivity contribution < 1.29 is 4.79 Å². The number of aromatic nitrogens is 1. The predicted octanol–water partition coefficient (Wildman–Crippen LogP) is 4.07. The Bertz CT molecular complexity index is 698. The topological polar surface area (TPSA) is 46.4 Å². The van der Waals surface area contributed by atoms with Crippen molar-refractivity contribution in [1.29, 1.82) is 0 Å². The molecule has 6 heteroatoms. The molecule has 3 rings (SSSR count). The van der Waals surface area contributed by atoms with Gasteiger partial charge in [-0.3, -0.25) is 4.79 Å². The summed E-state index contributed by atoms with van der Waals surface area (Å²) in [6, 6.07) is 7.50. The largest absolute Gasteiger partial charge is 0.321 e. The molecule has 0 saturated heterocycles. The van der Waals surface area contributed by atoms with Gasteiger partial charge >= 0.3 is 0 Å². The summed E-state index contributed by atoms with van der Waals surface area (Å²) in [5.74, 6) is -0.231. The van der Waals surface area contributed by atoms with Crippen LogP contribution < -0.4 is 5.32 Å². The Hall–Kier alpha value is -1.71. The number of nitrogens with one attached hydrogen (secondary N) is 1. The van der Waals surface area contributed by atoms with E-state index in [0.29, 0.717) is 15.3 Å². The fourth-order valence-electron chi connectivity index (χ4n) is 2.00. The molecule has 0 unspecified atom stereocenters. The van der Waals surface area contributed by atoms with Crippen LogP contribution in [0.1, 0.15) is 28.9 Å². The van der Waals surface area contributed by atoms with E-state index < -0.39 is 0 Å². The van der Waals surface area contributed by atoms with Gasteiger partial charge in [-0.15, -0.1) is 11.3 Å². The highest BCUT2D eigenvalue weighted by atomic mass is 79.9. The van der Waals surface area contributed by atoms with E-state index in [1.807, 2.05) is 24.3 Å². The van der Waals surface area contributed by atoms with Gasteiger partial charge in [0.25, 0.3) is 11.4 Å².